The quantitative estimate of drug-likeness (QED) is 0.554. The summed E-state index contributed by atoms with van der Waals surface area (Å²) in [4.78, 5) is 20.8. The van der Waals surface area contributed by atoms with Gasteiger partial charge in [0, 0.05) is 16.2 Å². The number of rotatable bonds is 5. The highest BCUT2D eigenvalue weighted by atomic mass is 79.9. The molecule has 0 bridgehead atoms. The molecule has 0 saturated carbocycles. The van der Waals surface area contributed by atoms with Crippen molar-refractivity contribution < 1.29 is 22.7 Å². The molecule has 1 amide bonds. The lowest BCUT2D eigenvalue weighted by atomic mass is 10.2. The molecule has 0 saturated heterocycles. The van der Waals surface area contributed by atoms with E-state index in [1.165, 1.54) is 29.1 Å². The van der Waals surface area contributed by atoms with Gasteiger partial charge >= 0.3 is 6.36 Å². The number of nitrogens with two attached hydrogens (primary N) is 1. The Balaban J connectivity index is 1.84. The summed E-state index contributed by atoms with van der Waals surface area (Å²) in [6.07, 6.45) is -3.56. The van der Waals surface area contributed by atoms with Gasteiger partial charge in [-0.1, -0.05) is 15.9 Å². The highest BCUT2D eigenvalue weighted by Crippen LogP contribution is 2.27. The molecule has 0 fully saturated rings. The van der Waals surface area contributed by atoms with Crippen LogP contribution in [-0.2, 0) is 0 Å². The Morgan fingerprint density at radius 2 is 2.10 bits per heavy atom. The van der Waals surface area contributed by atoms with Crippen LogP contribution in [-0.4, -0.2) is 32.0 Å². The minimum absolute atomic E-state index is 0.0731. The highest BCUT2D eigenvalue weighted by Gasteiger charge is 2.31. The first kappa shape index (κ1) is 22.0. The Labute approximate surface area is 181 Å². The van der Waals surface area contributed by atoms with Crippen molar-refractivity contribution in [1.82, 2.24) is 25.1 Å². The Bertz CT molecular complexity index is 1160. The van der Waals surface area contributed by atoms with E-state index < -0.39 is 24.1 Å². The Morgan fingerprint density at radius 1 is 1.35 bits per heavy atom. The maximum Gasteiger partial charge on any atom is 0.573 e. The number of carbonyl (C=O) groups is 1. The van der Waals surface area contributed by atoms with Crippen molar-refractivity contribution in [1.29, 1.82) is 5.26 Å². The second-order valence-electron chi connectivity index (χ2n) is 6.18. The van der Waals surface area contributed by atoms with Crippen molar-refractivity contribution in [2.24, 2.45) is 0 Å². The largest absolute Gasteiger partial charge is 0.573 e. The van der Waals surface area contributed by atoms with Crippen LogP contribution in [0.5, 0.6) is 5.75 Å². The fraction of sp³-hybridized carbons (Fsp3) is 0.167. The zero-order valence-corrected chi connectivity index (χ0v) is 17.3. The first-order chi connectivity index (χ1) is 14.6. The molecule has 1 atom stereocenters. The van der Waals surface area contributed by atoms with Crippen molar-refractivity contribution >= 4 is 27.8 Å². The van der Waals surface area contributed by atoms with Crippen molar-refractivity contribution in [3.05, 3.63) is 58.0 Å². The molecule has 13 heteroatoms. The van der Waals surface area contributed by atoms with Gasteiger partial charge < -0.3 is 15.8 Å². The number of nitrogens with one attached hydrogen (secondary N) is 1. The second-order valence-corrected chi connectivity index (χ2v) is 7.09. The fourth-order valence-corrected chi connectivity index (χ4v) is 3.07. The predicted octanol–water partition coefficient (Wildman–Crippen LogP) is 3.27. The summed E-state index contributed by atoms with van der Waals surface area (Å²) in [6, 6.07) is 7.63. The number of nitrogens with zero attached hydrogens (tertiary/aromatic N) is 5. The topological polar surface area (TPSA) is 132 Å². The van der Waals surface area contributed by atoms with Gasteiger partial charge in [-0.15, -0.1) is 18.3 Å². The SMILES string of the molecule is C[C@H](NC(=O)c1cc(Br)cc(OC(F)(F)F)c1)c1nc(N)nn1-c1ccc(C#N)cn1. The van der Waals surface area contributed by atoms with Gasteiger partial charge in [0.25, 0.3) is 5.91 Å². The summed E-state index contributed by atoms with van der Waals surface area (Å²) >= 11 is 3.06. The number of nitriles is 1. The lowest BCUT2D eigenvalue weighted by Gasteiger charge is -2.15. The molecule has 2 aromatic heterocycles. The summed E-state index contributed by atoms with van der Waals surface area (Å²) in [5, 5.41) is 15.5. The van der Waals surface area contributed by atoms with E-state index in [0.29, 0.717) is 11.4 Å². The van der Waals surface area contributed by atoms with Crippen LogP contribution in [0.25, 0.3) is 5.82 Å². The van der Waals surface area contributed by atoms with E-state index in [-0.39, 0.29) is 21.8 Å². The van der Waals surface area contributed by atoms with Gasteiger partial charge in [-0.25, -0.2) is 4.98 Å². The third-order valence-corrected chi connectivity index (χ3v) is 4.30. The van der Waals surface area contributed by atoms with Gasteiger partial charge in [-0.3, -0.25) is 4.79 Å². The van der Waals surface area contributed by atoms with E-state index >= 15 is 0 Å². The lowest BCUT2D eigenvalue weighted by molar-refractivity contribution is -0.274. The van der Waals surface area contributed by atoms with Crippen LogP contribution in [0.3, 0.4) is 0 Å². The molecule has 1 aromatic carbocycles. The van der Waals surface area contributed by atoms with Crippen molar-refractivity contribution in [2.45, 2.75) is 19.3 Å². The number of amides is 1. The van der Waals surface area contributed by atoms with Gasteiger partial charge in [-0.2, -0.15) is 14.9 Å². The molecule has 0 aliphatic rings. The number of anilines is 1. The summed E-state index contributed by atoms with van der Waals surface area (Å²) in [7, 11) is 0. The minimum Gasteiger partial charge on any atom is -0.406 e. The Hall–Kier alpha value is -3.66. The van der Waals surface area contributed by atoms with Crippen LogP contribution in [0.1, 0.15) is 34.7 Å². The maximum atomic E-state index is 12.6. The van der Waals surface area contributed by atoms with Crippen molar-refractivity contribution in [3.63, 3.8) is 0 Å². The number of carbonyl (C=O) groups excluding carboxylic acids is 1. The van der Waals surface area contributed by atoms with Crippen LogP contribution in [0.15, 0.2) is 41.0 Å². The molecule has 0 aliphatic carbocycles. The summed E-state index contributed by atoms with van der Waals surface area (Å²) in [6.45, 7) is 1.59. The Kier molecular flexibility index (Phi) is 6.11. The molecule has 3 rings (SSSR count). The molecule has 31 heavy (non-hydrogen) atoms. The Morgan fingerprint density at radius 3 is 2.71 bits per heavy atom. The normalized spacial score (nSPS) is 12.1. The third-order valence-electron chi connectivity index (χ3n) is 3.84. The molecule has 9 nitrogen and oxygen atoms in total. The average Bonchev–Trinajstić information content (AvgIpc) is 3.08. The van der Waals surface area contributed by atoms with Crippen LogP contribution >= 0.6 is 15.9 Å². The molecule has 0 aliphatic heterocycles. The van der Waals surface area contributed by atoms with Gasteiger partial charge in [0.15, 0.2) is 11.6 Å². The highest BCUT2D eigenvalue weighted by molar-refractivity contribution is 9.10. The fourth-order valence-electron chi connectivity index (χ4n) is 2.60. The number of ether oxygens (including phenoxy) is 1. The van der Waals surface area contributed by atoms with Gasteiger partial charge in [0.1, 0.15) is 11.8 Å². The molecule has 2 heterocycles. The molecule has 0 radical (unpaired) electrons. The van der Waals surface area contributed by atoms with Gasteiger partial charge in [-0.05, 0) is 37.3 Å². The van der Waals surface area contributed by atoms with E-state index in [4.69, 9.17) is 11.0 Å². The molecular formula is C18H13BrF3N7O2. The van der Waals surface area contributed by atoms with Crippen LogP contribution < -0.4 is 15.8 Å². The standard InChI is InChI=1S/C18H13BrF3N7O2/c1-9(15-27-17(24)28-29(15)14-3-2-10(7-23)8-25-14)26-16(30)11-4-12(19)6-13(5-11)31-18(20,21)22/h2-6,8-9H,1H3,(H2,24,28)(H,26,30)/t9-/m0/s1. The van der Waals surface area contributed by atoms with E-state index in [2.05, 4.69) is 41.1 Å². The molecular weight excluding hydrogens is 483 g/mol. The second kappa shape index (κ2) is 8.60. The van der Waals surface area contributed by atoms with Gasteiger partial charge in [0.05, 0.1) is 11.6 Å². The number of hydrogen-bond donors (Lipinski definition) is 2. The zero-order valence-electron chi connectivity index (χ0n) is 15.7. The summed E-state index contributed by atoms with van der Waals surface area (Å²) < 4.78 is 42.9. The smallest absolute Gasteiger partial charge is 0.406 e. The van der Waals surface area contributed by atoms with Crippen molar-refractivity contribution in [3.8, 4) is 17.6 Å². The monoisotopic (exact) mass is 495 g/mol. The first-order valence-corrected chi connectivity index (χ1v) is 9.31. The van der Waals surface area contributed by atoms with Crippen LogP contribution in [0, 0.1) is 11.3 Å². The number of halogens is 4. The third kappa shape index (κ3) is 5.48. The van der Waals surface area contributed by atoms with Crippen LogP contribution in [0.4, 0.5) is 19.1 Å². The molecule has 3 N–H and O–H groups in total. The first-order valence-electron chi connectivity index (χ1n) is 8.52. The minimum atomic E-state index is -4.90. The predicted molar refractivity (Wildman–Crippen MR) is 105 cm³/mol. The zero-order chi connectivity index (χ0) is 22.8. The molecule has 0 spiro atoms. The molecule has 160 valence electrons. The maximum absolute atomic E-state index is 12.6. The number of aromatic nitrogens is 4. The molecule has 0 unspecified atom stereocenters. The number of nitrogen functional groups attached to an aromatic ring is 1. The summed E-state index contributed by atoms with van der Waals surface area (Å²) in [5.41, 5.74) is 5.95. The van der Waals surface area contributed by atoms with Crippen molar-refractivity contribution in [2.75, 3.05) is 5.73 Å². The van der Waals surface area contributed by atoms with E-state index in [1.807, 2.05) is 6.07 Å². The van der Waals surface area contributed by atoms with E-state index in [1.54, 1.807) is 6.92 Å². The lowest BCUT2D eigenvalue weighted by Crippen LogP contribution is -2.29. The van der Waals surface area contributed by atoms with E-state index in [0.717, 1.165) is 12.1 Å². The number of pyridine rings is 1. The average molecular weight is 496 g/mol. The number of benzene rings is 1. The van der Waals surface area contributed by atoms with Gasteiger partial charge in [0.2, 0.25) is 5.95 Å². The number of alkyl halides is 3. The number of hydrogen-bond acceptors (Lipinski definition) is 7. The van der Waals surface area contributed by atoms with E-state index in [9.17, 15) is 18.0 Å². The van der Waals surface area contributed by atoms with Crippen LogP contribution in [0.2, 0.25) is 0 Å². The molecule has 3 aromatic rings. The summed E-state index contributed by atoms with van der Waals surface area (Å²) in [5.74, 6) is -0.770.